The Morgan fingerprint density at radius 2 is 1.93 bits per heavy atom. The van der Waals surface area contributed by atoms with Crippen molar-refractivity contribution in [2.45, 2.75) is 68.8 Å². The highest BCUT2D eigenvalue weighted by Crippen LogP contribution is 2.49. The molecule has 7 heteroatoms. The minimum Gasteiger partial charge on any atom is -0.393 e. The Morgan fingerprint density at radius 3 is 2.60 bits per heavy atom. The average Bonchev–Trinajstić information content (AvgIpc) is 2.83. The van der Waals surface area contributed by atoms with E-state index in [1.165, 1.54) is 18.0 Å². The summed E-state index contributed by atoms with van der Waals surface area (Å²) < 4.78 is 6.39. The third kappa shape index (κ3) is 3.97. The van der Waals surface area contributed by atoms with Gasteiger partial charge in [-0.2, -0.15) is 0 Å². The van der Waals surface area contributed by atoms with Crippen LogP contribution in [-0.2, 0) is 4.74 Å². The first-order valence-electron chi connectivity index (χ1n) is 10.5. The fourth-order valence-corrected chi connectivity index (χ4v) is 4.97. The normalized spacial score (nSPS) is 33.5. The first-order chi connectivity index (χ1) is 14.3. The van der Waals surface area contributed by atoms with E-state index in [0.29, 0.717) is 37.1 Å². The van der Waals surface area contributed by atoms with Crippen LogP contribution in [0.25, 0.3) is 0 Å². The largest absolute Gasteiger partial charge is 0.393 e. The van der Waals surface area contributed by atoms with E-state index in [0.717, 1.165) is 0 Å². The second kappa shape index (κ2) is 8.06. The van der Waals surface area contributed by atoms with Crippen LogP contribution in [0.1, 0.15) is 60.3 Å². The van der Waals surface area contributed by atoms with E-state index in [-0.39, 0.29) is 18.4 Å². The van der Waals surface area contributed by atoms with Crippen molar-refractivity contribution < 1.29 is 19.7 Å². The molecule has 3 N–H and O–H groups in total. The highest BCUT2D eigenvalue weighted by molar-refractivity contribution is 5.93. The summed E-state index contributed by atoms with van der Waals surface area (Å²) in [4.78, 5) is 20.9. The number of amides is 1. The quantitative estimate of drug-likeness (QED) is 0.712. The summed E-state index contributed by atoms with van der Waals surface area (Å²) in [7, 11) is 0. The van der Waals surface area contributed by atoms with E-state index < -0.39 is 23.3 Å². The molecule has 1 aromatic heterocycles. The van der Waals surface area contributed by atoms with Crippen LogP contribution >= 0.6 is 0 Å². The summed E-state index contributed by atoms with van der Waals surface area (Å²) in [5, 5.41) is 24.5. The van der Waals surface area contributed by atoms with Crippen molar-refractivity contribution in [3.8, 4) is 0 Å². The summed E-state index contributed by atoms with van der Waals surface area (Å²) in [5.41, 5.74) is -0.0952. The Kier molecular flexibility index (Phi) is 5.61. The van der Waals surface area contributed by atoms with Gasteiger partial charge in [0.05, 0.1) is 29.4 Å². The number of hydrogen-bond acceptors (Lipinski definition) is 6. The summed E-state index contributed by atoms with van der Waals surface area (Å²) in [6.45, 7) is 3.52. The molecule has 0 aliphatic carbocycles. The van der Waals surface area contributed by atoms with Crippen molar-refractivity contribution in [1.82, 2.24) is 15.3 Å². The number of fused-ring (bicyclic) bond motifs is 2. The molecule has 4 rings (SSSR count). The standard InChI is InChI=1S/C23H29N3O4/c1-15-24-12-18(13-25-15)21(29)26-19-8-9-23(14-27)11-17(16-6-4-3-5-7-16)10-22(2,30-23)20(19)28/h3-7,12-13,17,19-20,27-28H,8-11,14H2,1-2H3,(H,26,29)/t17-,19-,20+,22+,23+/m1/s1. The smallest absolute Gasteiger partial charge is 0.254 e. The number of carbonyl (C=O) groups is 1. The van der Waals surface area contributed by atoms with Gasteiger partial charge in [0, 0.05) is 12.4 Å². The third-order valence-corrected chi connectivity index (χ3v) is 6.56. The number of ether oxygens (including phenoxy) is 1. The number of hydrogen-bond donors (Lipinski definition) is 3. The lowest BCUT2D eigenvalue weighted by molar-refractivity contribution is -0.230. The Labute approximate surface area is 176 Å². The molecule has 2 aliphatic heterocycles. The summed E-state index contributed by atoms with van der Waals surface area (Å²) in [6, 6.07) is 9.66. The molecule has 2 bridgehead atoms. The van der Waals surface area contributed by atoms with Crippen molar-refractivity contribution in [2.24, 2.45) is 0 Å². The second-order valence-corrected chi connectivity index (χ2v) is 8.85. The fraction of sp³-hybridized carbons (Fsp3) is 0.522. The van der Waals surface area contributed by atoms with Crippen LogP contribution in [-0.4, -0.2) is 56.0 Å². The van der Waals surface area contributed by atoms with Gasteiger partial charge in [-0.3, -0.25) is 4.79 Å². The van der Waals surface area contributed by atoms with Gasteiger partial charge in [0.2, 0.25) is 0 Å². The number of benzene rings is 1. The molecule has 0 unspecified atom stereocenters. The molecule has 7 nitrogen and oxygen atoms in total. The van der Waals surface area contributed by atoms with Crippen LogP contribution < -0.4 is 5.32 Å². The van der Waals surface area contributed by atoms with Gasteiger partial charge in [-0.25, -0.2) is 9.97 Å². The number of aliphatic hydroxyl groups excluding tert-OH is 2. The zero-order chi connectivity index (χ0) is 21.4. The molecule has 160 valence electrons. The summed E-state index contributed by atoms with van der Waals surface area (Å²) >= 11 is 0. The average molecular weight is 412 g/mol. The highest BCUT2D eigenvalue weighted by atomic mass is 16.5. The molecule has 0 spiro atoms. The molecular weight excluding hydrogens is 382 g/mol. The number of nitrogens with one attached hydrogen (secondary N) is 1. The maximum atomic E-state index is 12.7. The highest BCUT2D eigenvalue weighted by Gasteiger charge is 2.54. The monoisotopic (exact) mass is 411 g/mol. The molecule has 2 aromatic rings. The fourth-order valence-electron chi connectivity index (χ4n) is 4.97. The van der Waals surface area contributed by atoms with E-state index in [2.05, 4.69) is 27.4 Å². The van der Waals surface area contributed by atoms with Gasteiger partial charge in [0.1, 0.15) is 11.9 Å². The van der Waals surface area contributed by atoms with Gasteiger partial charge >= 0.3 is 0 Å². The van der Waals surface area contributed by atoms with Crippen molar-refractivity contribution in [2.75, 3.05) is 6.61 Å². The molecule has 2 saturated heterocycles. The minimum atomic E-state index is -0.909. The first-order valence-corrected chi connectivity index (χ1v) is 10.5. The van der Waals surface area contributed by atoms with Crippen LogP contribution in [0.15, 0.2) is 42.7 Å². The van der Waals surface area contributed by atoms with Crippen LogP contribution in [0.5, 0.6) is 0 Å². The number of rotatable bonds is 4. The third-order valence-electron chi connectivity index (χ3n) is 6.56. The Hall–Kier alpha value is -2.35. The zero-order valence-electron chi connectivity index (χ0n) is 17.4. The lowest BCUT2D eigenvalue weighted by Gasteiger charge is -2.49. The number of aliphatic hydroxyl groups is 2. The van der Waals surface area contributed by atoms with Crippen LogP contribution in [0.3, 0.4) is 0 Å². The van der Waals surface area contributed by atoms with Gasteiger partial charge in [0.15, 0.2) is 0 Å². The Balaban J connectivity index is 1.59. The van der Waals surface area contributed by atoms with E-state index >= 15 is 0 Å². The molecule has 0 radical (unpaired) electrons. The van der Waals surface area contributed by atoms with Crippen molar-refractivity contribution in [1.29, 1.82) is 0 Å². The molecule has 2 fully saturated rings. The molecular formula is C23H29N3O4. The van der Waals surface area contributed by atoms with E-state index in [4.69, 9.17) is 4.74 Å². The topological polar surface area (TPSA) is 105 Å². The van der Waals surface area contributed by atoms with E-state index in [9.17, 15) is 15.0 Å². The SMILES string of the molecule is Cc1ncc(C(=O)N[C@@H]2CC[C@@]3(CO)C[C@H](c4ccccc4)C[C@](C)(O3)[C@H]2O)cn1. The van der Waals surface area contributed by atoms with Crippen molar-refractivity contribution in [3.63, 3.8) is 0 Å². The van der Waals surface area contributed by atoms with Crippen LogP contribution in [0.4, 0.5) is 0 Å². The maximum Gasteiger partial charge on any atom is 0.254 e. The molecule has 5 atom stereocenters. The number of aromatic nitrogens is 2. The van der Waals surface area contributed by atoms with Crippen LogP contribution in [0.2, 0.25) is 0 Å². The predicted octanol–water partition coefficient (Wildman–Crippen LogP) is 2.12. The molecule has 1 aromatic carbocycles. The Bertz CT molecular complexity index is 891. The van der Waals surface area contributed by atoms with Gasteiger partial charge in [-0.15, -0.1) is 0 Å². The van der Waals surface area contributed by atoms with Gasteiger partial charge < -0.3 is 20.3 Å². The number of carbonyl (C=O) groups excluding carboxylic acids is 1. The molecule has 1 amide bonds. The van der Waals surface area contributed by atoms with Crippen molar-refractivity contribution in [3.05, 3.63) is 59.7 Å². The summed E-state index contributed by atoms with van der Waals surface area (Å²) in [6.07, 6.45) is 4.41. The molecule has 2 aliphatic rings. The van der Waals surface area contributed by atoms with Crippen LogP contribution in [0, 0.1) is 6.92 Å². The predicted molar refractivity (Wildman–Crippen MR) is 111 cm³/mol. The molecule has 30 heavy (non-hydrogen) atoms. The van der Waals surface area contributed by atoms with E-state index in [1.54, 1.807) is 6.92 Å². The number of nitrogens with zero attached hydrogens (tertiary/aromatic N) is 2. The first kappa shape index (κ1) is 20.9. The lowest BCUT2D eigenvalue weighted by Crippen LogP contribution is -2.58. The molecule has 3 heterocycles. The second-order valence-electron chi connectivity index (χ2n) is 8.85. The van der Waals surface area contributed by atoms with E-state index in [1.807, 2.05) is 25.1 Å². The number of aryl methyl sites for hydroxylation is 1. The van der Waals surface area contributed by atoms with Gasteiger partial charge in [-0.1, -0.05) is 30.3 Å². The zero-order valence-corrected chi connectivity index (χ0v) is 17.4. The van der Waals surface area contributed by atoms with Gasteiger partial charge in [-0.05, 0) is 51.0 Å². The Morgan fingerprint density at radius 1 is 1.23 bits per heavy atom. The summed E-state index contributed by atoms with van der Waals surface area (Å²) in [5.74, 6) is 0.427. The van der Waals surface area contributed by atoms with Crippen molar-refractivity contribution >= 4 is 5.91 Å². The minimum absolute atomic E-state index is 0.120. The van der Waals surface area contributed by atoms with Gasteiger partial charge in [0.25, 0.3) is 5.91 Å². The lowest BCUT2D eigenvalue weighted by atomic mass is 9.74. The maximum absolute atomic E-state index is 12.7. The molecule has 0 saturated carbocycles.